The molecule has 0 atom stereocenters. The second kappa shape index (κ2) is 6.23. The van der Waals surface area contributed by atoms with Crippen LogP contribution in [0.15, 0.2) is 48.6 Å². The zero-order valence-corrected chi connectivity index (χ0v) is 14.7. The second-order valence-corrected chi connectivity index (χ2v) is 6.09. The van der Waals surface area contributed by atoms with Gasteiger partial charge in [0.2, 0.25) is 5.91 Å². The number of ether oxygens (including phenoxy) is 2. The maximum absolute atomic E-state index is 13.0. The number of nitrogens with one attached hydrogen (secondary N) is 1. The topological polar surface area (TPSA) is 109 Å². The smallest absolute Gasteiger partial charge is 0.444 e. The van der Waals surface area contributed by atoms with Crippen LogP contribution in [0, 0.1) is 0 Å². The first kappa shape index (κ1) is 17.3. The van der Waals surface area contributed by atoms with E-state index < -0.39 is 24.5 Å². The monoisotopic (exact) mass is 443 g/mol. The van der Waals surface area contributed by atoms with Gasteiger partial charge in [-0.1, -0.05) is 0 Å². The molecule has 2 aromatic heterocycles. The summed E-state index contributed by atoms with van der Waals surface area (Å²) >= 11 is 3.11. The molecular formula is C15H8BrF2N3O6. The highest BCUT2D eigenvalue weighted by Crippen LogP contribution is 2.42. The molecular weight excluding hydrogens is 436 g/mol. The van der Waals surface area contributed by atoms with E-state index >= 15 is 0 Å². The van der Waals surface area contributed by atoms with Crippen molar-refractivity contribution >= 4 is 27.5 Å². The highest BCUT2D eigenvalue weighted by Gasteiger charge is 2.43. The molecule has 0 unspecified atom stereocenters. The molecule has 0 saturated carbocycles. The summed E-state index contributed by atoms with van der Waals surface area (Å²) in [4.78, 5) is 23.9. The van der Waals surface area contributed by atoms with Gasteiger partial charge in [0.25, 0.3) is 5.89 Å². The molecule has 0 radical (unpaired) electrons. The van der Waals surface area contributed by atoms with Gasteiger partial charge in [-0.2, -0.15) is 4.68 Å². The molecule has 1 aromatic carbocycles. The van der Waals surface area contributed by atoms with E-state index in [2.05, 4.69) is 35.8 Å². The summed E-state index contributed by atoms with van der Waals surface area (Å²) in [5.74, 6) is -1.76. The summed E-state index contributed by atoms with van der Waals surface area (Å²) in [6.07, 6.45) is -3.75. The van der Waals surface area contributed by atoms with E-state index in [9.17, 15) is 18.4 Å². The largest absolute Gasteiger partial charge is 0.586 e. The van der Waals surface area contributed by atoms with E-state index in [1.807, 2.05) is 0 Å². The van der Waals surface area contributed by atoms with Crippen LogP contribution < -0.4 is 20.5 Å². The van der Waals surface area contributed by atoms with Crippen molar-refractivity contribution in [3.05, 3.63) is 45.6 Å². The summed E-state index contributed by atoms with van der Waals surface area (Å²) in [6.45, 7) is -0.463. The Balaban J connectivity index is 1.46. The third-order valence-corrected chi connectivity index (χ3v) is 3.79. The van der Waals surface area contributed by atoms with E-state index in [0.717, 1.165) is 4.68 Å². The van der Waals surface area contributed by atoms with E-state index in [1.165, 1.54) is 24.3 Å². The van der Waals surface area contributed by atoms with E-state index in [-0.39, 0.29) is 28.8 Å². The van der Waals surface area contributed by atoms with E-state index in [0.29, 0.717) is 4.67 Å². The van der Waals surface area contributed by atoms with Gasteiger partial charge >= 0.3 is 12.1 Å². The summed E-state index contributed by atoms with van der Waals surface area (Å²) in [6, 6.07) is 6.86. The lowest BCUT2D eigenvalue weighted by Crippen LogP contribution is -2.26. The van der Waals surface area contributed by atoms with Crippen LogP contribution in [0.1, 0.15) is 0 Å². The number of aromatic nitrogens is 2. The Bertz CT molecular complexity index is 1090. The first-order valence-corrected chi connectivity index (χ1v) is 8.12. The number of anilines is 1. The van der Waals surface area contributed by atoms with Gasteiger partial charge in [-0.25, -0.2) is 4.79 Å². The van der Waals surface area contributed by atoms with Gasteiger partial charge in [0.1, 0.15) is 6.54 Å². The fourth-order valence-electron chi connectivity index (χ4n) is 2.30. The molecule has 140 valence electrons. The molecule has 1 aliphatic rings. The van der Waals surface area contributed by atoms with Crippen molar-refractivity contribution < 1.29 is 31.9 Å². The minimum absolute atomic E-state index is 0.0937. The summed E-state index contributed by atoms with van der Waals surface area (Å²) in [7, 11) is 0. The summed E-state index contributed by atoms with van der Waals surface area (Å²) < 4.78 is 45.9. The van der Waals surface area contributed by atoms with Crippen molar-refractivity contribution in [2.45, 2.75) is 12.8 Å². The molecule has 3 heterocycles. The molecule has 12 heteroatoms. The van der Waals surface area contributed by atoms with Crippen molar-refractivity contribution in [3.63, 3.8) is 0 Å². The van der Waals surface area contributed by atoms with E-state index in [4.69, 9.17) is 8.83 Å². The molecule has 1 N–H and O–H groups in total. The van der Waals surface area contributed by atoms with Crippen molar-refractivity contribution in [2.24, 2.45) is 0 Å². The Hall–Kier alpha value is -3.15. The van der Waals surface area contributed by atoms with Gasteiger partial charge in [0.15, 0.2) is 21.9 Å². The van der Waals surface area contributed by atoms with Crippen molar-refractivity contribution in [1.82, 2.24) is 9.78 Å². The number of amides is 1. The van der Waals surface area contributed by atoms with Crippen LogP contribution >= 0.6 is 15.9 Å². The third-order valence-electron chi connectivity index (χ3n) is 3.37. The Kier molecular flexibility index (Phi) is 3.98. The fourth-order valence-corrected chi connectivity index (χ4v) is 2.60. The molecule has 0 fully saturated rings. The average Bonchev–Trinajstić information content (AvgIpc) is 3.24. The molecule has 4 rings (SSSR count). The Labute approximate surface area is 156 Å². The number of fused-ring (bicyclic) bond motifs is 1. The summed E-state index contributed by atoms with van der Waals surface area (Å²) in [5, 5.41) is 6.31. The van der Waals surface area contributed by atoms with Crippen LogP contribution in [0.25, 0.3) is 11.7 Å². The molecule has 0 bridgehead atoms. The number of hydrogen-bond acceptors (Lipinski definition) is 7. The molecule has 1 aliphatic heterocycles. The minimum atomic E-state index is -3.75. The van der Waals surface area contributed by atoms with Gasteiger partial charge in [-0.3, -0.25) is 4.79 Å². The number of carbonyl (C=O) groups excluding carboxylic acids is 1. The quantitative estimate of drug-likeness (QED) is 0.659. The predicted molar refractivity (Wildman–Crippen MR) is 87.4 cm³/mol. The number of furan rings is 1. The van der Waals surface area contributed by atoms with Crippen LogP contribution in [-0.2, 0) is 11.3 Å². The molecule has 27 heavy (non-hydrogen) atoms. The molecule has 9 nitrogen and oxygen atoms in total. The number of alkyl halides is 2. The number of nitrogens with zero attached hydrogens (tertiary/aromatic N) is 2. The van der Waals surface area contributed by atoms with Crippen LogP contribution in [0.4, 0.5) is 14.5 Å². The molecule has 0 aliphatic carbocycles. The lowest BCUT2D eigenvalue weighted by molar-refractivity contribution is -0.286. The molecule has 0 saturated heterocycles. The molecule has 1 amide bonds. The van der Waals surface area contributed by atoms with Gasteiger partial charge in [0.05, 0.1) is 0 Å². The number of carbonyl (C=O) groups is 1. The normalized spacial score (nSPS) is 14.3. The minimum Gasteiger partial charge on any atom is -0.444 e. The standard InChI is InChI=1S/C15H8BrF2N3O6/c16-11-4-3-9(24-11)13-20-21(14(23)25-13)6-12(22)19-7-1-2-8-10(5-7)27-15(17,18)26-8/h1-5H,6H2,(H,19,22). The first-order valence-electron chi connectivity index (χ1n) is 7.32. The lowest BCUT2D eigenvalue weighted by atomic mass is 10.3. The van der Waals surface area contributed by atoms with Gasteiger partial charge in [-0.15, -0.1) is 13.9 Å². The third kappa shape index (κ3) is 3.56. The fraction of sp³-hybridized carbons (Fsp3) is 0.133. The maximum Gasteiger partial charge on any atom is 0.586 e. The SMILES string of the molecule is O=C(Cn1nc(-c2ccc(Br)o2)oc1=O)Nc1ccc2c(c1)OC(F)(F)O2. The highest BCUT2D eigenvalue weighted by molar-refractivity contribution is 9.10. The van der Waals surface area contributed by atoms with Crippen molar-refractivity contribution in [3.8, 4) is 23.1 Å². The van der Waals surface area contributed by atoms with Gasteiger partial charge in [-0.05, 0) is 40.2 Å². The van der Waals surface area contributed by atoms with Crippen LogP contribution in [0.2, 0.25) is 0 Å². The first-order chi connectivity index (χ1) is 12.8. The van der Waals surface area contributed by atoms with Crippen molar-refractivity contribution in [2.75, 3.05) is 5.32 Å². The molecule has 3 aromatic rings. The lowest BCUT2D eigenvalue weighted by Gasteiger charge is -2.05. The number of hydrogen-bond donors (Lipinski definition) is 1. The zero-order chi connectivity index (χ0) is 19.2. The zero-order valence-electron chi connectivity index (χ0n) is 13.1. The Morgan fingerprint density at radius 2 is 1.96 bits per heavy atom. The Morgan fingerprint density at radius 1 is 1.19 bits per heavy atom. The van der Waals surface area contributed by atoms with Crippen molar-refractivity contribution in [1.29, 1.82) is 0 Å². The number of halogens is 3. The highest BCUT2D eigenvalue weighted by atomic mass is 79.9. The van der Waals surface area contributed by atoms with Gasteiger partial charge in [0, 0.05) is 11.8 Å². The van der Waals surface area contributed by atoms with Crippen LogP contribution in [-0.4, -0.2) is 22.0 Å². The maximum atomic E-state index is 13.0. The second-order valence-electron chi connectivity index (χ2n) is 5.31. The predicted octanol–water partition coefficient (Wildman–Crippen LogP) is 2.82. The van der Waals surface area contributed by atoms with E-state index in [1.54, 1.807) is 6.07 Å². The summed E-state index contributed by atoms with van der Waals surface area (Å²) in [5.41, 5.74) is 0.173. The van der Waals surface area contributed by atoms with Crippen LogP contribution in [0.5, 0.6) is 11.5 Å². The Morgan fingerprint density at radius 3 is 2.70 bits per heavy atom. The number of rotatable bonds is 4. The molecule has 0 spiro atoms. The number of benzene rings is 1. The average molecular weight is 444 g/mol. The van der Waals surface area contributed by atoms with Crippen LogP contribution in [0.3, 0.4) is 0 Å². The van der Waals surface area contributed by atoms with Gasteiger partial charge < -0.3 is 23.6 Å².